The molecule has 8 heteroatoms. The number of fused-ring (bicyclic) bond motifs is 1. The lowest BCUT2D eigenvalue weighted by Crippen LogP contribution is -2.45. The number of nitrogens with one attached hydrogen (secondary N) is 1. The molecule has 1 atom stereocenters. The van der Waals surface area contributed by atoms with Crippen LogP contribution in [0.5, 0.6) is 11.5 Å². The van der Waals surface area contributed by atoms with Crippen molar-refractivity contribution in [1.82, 2.24) is 14.8 Å². The molecule has 0 bridgehead atoms. The topological polar surface area (TPSA) is 94.8 Å². The van der Waals surface area contributed by atoms with Crippen LogP contribution in [-0.4, -0.2) is 45.2 Å². The maximum atomic E-state index is 13.1. The average Bonchev–Trinajstić information content (AvgIpc) is 2.73. The molecular weight excluding hydrogens is 377 g/mol. The fourth-order valence-corrected chi connectivity index (χ4v) is 4.18. The minimum absolute atomic E-state index is 0.166. The summed E-state index contributed by atoms with van der Waals surface area (Å²) in [6.45, 7) is 2.44. The fraction of sp³-hybridized carbons (Fsp3) is 0.429. The monoisotopic (exact) mass is 401 g/mol. The molecule has 7 nitrogen and oxygen atoms in total. The second-order valence-corrected chi connectivity index (χ2v) is 7.75. The van der Waals surface area contributed by atoms with Crippen LogP contribution >= 0.6 is 0 Å². The van der Waals surface area contributed by atoms with E-state index in [4.69, 9.17) is 0 Å². The number of piperidine rings is 1. The second-order valence-electron chi connectivity index (χ2n) is 7.75. The number of carbonyl (C=O) groups is 1. The highest BCUT2D eigenvalue weighted by Crippen LogP contribution is 2.34. The number of aromatic hydroxyl groups is 2. The summed E-state index contributed by atoms with van der Waals surface area (Å²) < 4.78 is 14.4. The van der Waals surface area contributed by atoms with Gasteiger partial charge in [-0.25, -0.2) is 4.39 Å². The highest BCUT2D eigenvalue weighted by molar-refractivity contribution is 5.96. The molecule has 154 valence electrons. The molecule has 0 aliphatic carbocycles. The molecule has 0 saturated carbocycles. The van der Waals surface area contributed by atoms with Crippen molar-refractivity contribution >= 4 is 5.91 Å². The zero-order valence-corrected chi connectivity index (χ0v) is 16.0. The Morgan fingerprint density at radius 1 is 1.10 bits per heavy atom. The number of carbonyl (C=O) groups excluding carboxylic acids is 1. The summed E-state index contributed by atoms with van der Waals surface area (Å²) in [5, 5.41) is 24.3. The number of aromatic nitrogens is 1. The largest absolute Gasteiger partial charge is 0.504 e. The van der Waals surface area contributed by atoms with Gasteiger partial charge < -0.3 is 20.4 Å². The van der Waals surface area contributed by atoms with Gasteiger partial charge in [0.05, 0.1) is 5.56 Å². The Balaban J connectivity index is 1.63. The molecule has 3 heterocycles. The number of rotatable bonds is 4. The van der Waals surface area contributed by atoms with E-state index in [0.717, 1.165) is 31.5 Å². The molecule has 1 aromatic carbocycles. The van der Waals surface area contributed by atoms with Crippen molar-refractivity contribution in [1.29, 1.82) is 0 Å². The third-order valence-electron chi connectivity index (χ3n) is 5.77. The fourth-order valence-electron chi connectivity index (χ4n) is 4.18. The first kappa shape index (κ1) is 19.4. The lowest BCUT2D eigenvalue weighted by Gasteiger charge is -2.31. The van der Waals surface area contributed by atoms with Crippen LogP contribution in [0.4, 0.5) is 4.39 Å². The van der Waals surface area contributed by atoms with Gasteiger partial charge in [-0.1, -0.05) is 12.1 Å². The molecule has 2 aromatic rings. The average molecular weight is 401 g/mol. The van der Waals surface area contributed by atoms with Crippen molar-refractivity contribution in [3.8, 4) is 11.5 Å². The predicted molar refractivity (Wildman–Crippen MR) is 104 cm³/mol. The van der Waals surface area contributed by atoms with Crippen molar-refractivity contribution in [3.63, 3.8) is 0 Å². The molecule has 1 aromatic heterocycles. The Hall–Kier alpha value is -2.87. The Morgan fingerprint density at radius 2 is 1.86 bits per heavy atom. The van der Waals surface area contributed by atoms with Crippen molar-refractivity contribution < 1.29 is 19.4 Å². The van der Waals surface area contributed by atoms with Crippen LogP contribution in [0, 0.1) is 11.7 Å². The van der Waals surface area contributed by atoms with Gasteiger partial charge in [0, 0.05) is 19.6 Å². The number of amides is 1. The lowest BCUT2D eigenvalue weighted by molar-refractivity contribution is 0.0679. The Kier molecular flexibility index (Phi) is 5.27. The van der Waals surface area contributed by atoms with Crippen molar-refractivity contribution in [2.24, 2.45) is 5.92 Å². The Labute approximate surface area is 167 Å². The van der Waals surface area contributed by atoms with E-state index < -0.39 is 23.0 Å². The van der Waals surface area contributed by atoms with Gasteiger partial charge in [-0.3, -0.25) is 14.2 Å². The number of hydrogen-bond acceptors (Lipinski definition) is 5. The van der Waals surface area contributed by atoms with Crippen LogP contribution in [0.15, 0.2) is 29.1 Å². The molecule has 1 amide bonds. The van der Waals surface area contributed by atoms with Crippen molar-refractivity contribution in [3.05, 3.63) is 57.3 Å². The lowest BCUT2D eigenvalue weighted by atomic mass is 9.92. The number of halogens is 1. The summed E-state index contributed by atoms with van der Waals surface area (Å²) in [4.78, 5) is 27.4. The van der Waals surface area contributed by atoms with E-state index in [1.165, 1.54) is 21.6 Å². The summed E-state index contributed by atoms with van der Waals surface area (Å²) in [7, 11) is 0. The molecule has 1 fully saturated rings. The van der Waals surface area contributed by atoms with Crippen LogP contribution < -0.4 is 10.9 Å². The molecule has 0 spiro atoms. The number of hydrogen-bond donors (Lipinski definition) is 3. The van der Waals surface area contributed by atoms with Crippen LogP contribution in [0.25, 0.3) is 0 Å². The summed E-state index contributed by atoms with van der Waals surface area (Å²) in [5.41, 5.74) is 0.294. The van der Waals surface area contributed by atoms with Gasteiger partial charge >= 0.3 is 0 Å². The van der Waals surface area contributed by atoms with Crippen molar-refractivity contribution in [2.45, 2.75) is 32.4 Å². The molecule has 3 N–H and O–H groups in total. The smallest absolute Gasteiger partial charge is 0.274 e. The van der Waals surface area contributed by atoms with E-state index in [-0.39, 0.29) is 42.6 Å². The van der Waals surface area contributed by atoms with Gasteiger partial charge in [0.1, 0.15) is 5.82 Å². The SMILES string of the molecule is O=C1c2c(O)c(O)c(CC3CCCNC3)c(=O)n2CCN1Cc1ccc(F)cc1. The third kappa shape index (κ3) is 3.72. The zero-order chi connectivity index (χ0) is 20.5. The summed E-state index contributed by atoms with van der Waals surface area (Å²) in [6, 6.07) is 5.81. The molecular formula is C21H24FN3O4. The van der Waals surface area contributed by atoms with Crippen LogP contribution in [0.2, 0.25) is 0 Å². The molecule has 2 aliphatic heterocycles. The summed E-state index contributed by atoms with van der Waals surface area (Å²) >= 11 is 0. The standard InChI is InChI=1S/C21H24FN3O4/c22-15-5-3-13(4-6-15)12-24-8-9-25-17(21(24)29)19(27)18(26)16(20(25)28)10-14-2-1-7-23-11-14/h3-6,14,23,26-27H,1-2,7-12H2. The third-order valence-corrected chi connectivity index (χ3v) is 5.77. The first-order valence-electron chi connectivity index (χ1n) is 9.87. The van der Waals surface area contributed by atoms with Gasteiger partial charge in [0.2, 0.25) is 0 Å². The maximum absolute atomic E-state index is 13.1. The van der Waals surface area contributed by atoms with E-state index in [0.29, 0.717) is 6.42 Å². The van der Waals surface area contributed by atoms with E-state index >= 15 is 0 Å². The number of benzene rings is 1. The number of pyridine rings is 1. The molecule has 29 heavy (non-hydrogen) atoms. The van der Waals surface area contributed by atoms with Gasteiger partial charge in [-0.05, 0) is 56.0 Å². The van der Waals surface area contributed by atoms with Gasteiger partial charge in [0.25, 0.3) is 11.5 Å². The van der Waals surface area contributed by atoms with Crippen LogP contribution in [0.1, 0.15) is 34.5 Å². The van der Waals surface area contributed by atoms with E-state index in [1.807, 2.05) is 0 Å². The highest BCUT2D eigenvalue weighted by atomic mass is 19.1. The minimum atomic E-state index is -0.544. The predicted octanol–water partition coefficient (Wildman–Crippen LogP) is 1.60. The minimum Gasteiger partial charge on any atom is -0.504 e. The Bertz CT molecular complexity index is 981. The van der Waals surface area contributed by atoms with Crippen LogP contribution in [0.3, 0.4) is 0 Å². The van der Waals surface area contributed by atoms with Crippen molar-refractivity contribution in [2.75, 3.05) is 19.6 Å². The zero-order valence-electron chi connectivity index (χ0n) is 16.0. The quantitative estimate of drug-likeness (QED) is 0.723. The van der Waals surface area contributed by atoms with E-state index in [2.05, 4.69) is 5.32 Å². The van der Waals surface area contributed by atoms with E-state index in [9.17, 15) is 24.2 Å². The molecule has 1 unspecified atom stereocenters. The number of nitrogens with zero attached hydrogens (tertiary/aromatic N) is 2. The summed E-state index contributed by atoms with van der Waals surface area (Å²) in [6.07, 6.45) is 2.30. The first-order chi connectivity index (χ1) is 14.0. The maximum Gasteiger partial charge on any atom is 0.274 e. The summed E-state index contributed by atoms with van der Waals surface area (Å²) in [5.74, 6) is -1.73. The normalized spacial score (nSPS) is 19.3. The molecule has 1 saturated heterocycles. The van der Waals surface area contributed by atoms with Crippen LogP contribution in [-0.2, 0) is 19.5 Å². The molecule has 2 aliphatic rings. The Morgan fingerprint density at radius 3 is 2.55 bits per heavy atom. The second kappa shape index (κ2) is 7.87. The van der Waals surface area contributed by atoms with Gasteiger partial charge in [-0.2, -0.15) is 0 Å². The highest BCUT2D eigenvalue weighted by Gasteiger charge is 2.33. The molecule has 4 rings (SSSR count). The first-order valence-corrected chi connectivity index (χ1v) is 9.87. The van der Waals surface area contributed by atoms with Gasteiger partial charge in [-0.15, -0.1) is 0 Å². The van der Waals surface area contributed by atoms with E-state index in [1.54, 1.807) is 12.1 Å². The van der Waals surface area contributed by atoms with Gasteiger partial charge in [0.15, 0.2) is 17.2 Å². The molecule has 0 radical (unpaired) electrons.